The molecule has 8 nitrogen and oxygen atoms in total. The van der Waals surface area contributed by atoms with E-state index in [1.807, 2.05) is 18.7 Å². The molecule has 2 N–H and O–H groups in total. The summed E-state index contributed by atoms with van der Waals surface area (Å²) >= 11 is 0. The van der Waals surface area contributed by atoms with E-state index in [0.717, 1.165) is 17.0 Å². The summed E-state index contributed by atoms with van der Waals surface area (Å²) in [6.07, 6.45) is 3.43. The van der Waals surface area contributed by atoms with Crippen molar-refractivity contribution < 1.29 is 9.53 Å². The second kappa shape index (κ2) is 7.60. The number of nitrogens with one attached hydrogen (secondary N) is 2. The molecule has 0 aromatic carbocycles. The maximum atomic E-state index is 12.8. The zero-order chi connectivity index (χ0) is 17.8. The largest absolute Gasteiger partial charge is 0.384 e. The Morgan fingerprint density at radius 2 is 2.12 bits per heavy atom. The Hall–Kier alpha value is -2.48. The molecule has 0 radical (unpaired) electrons. The number of H-pyrrole nitrogens is 1. The molecule has 1 fully saturated rings. The SMILES string of the molecule is COC[C@@H]1CN(c2ncccn2)C[C@H]1C(=O)NCc1c(C)n[nH]c1C. The first-order chi connectivity index (χ1) is 12.1. The van der Waals surface area contributed by atoms with Gasteiger partial charge >= 0.3 is 0 Å². The lowest BCUT2D eigenvalue weighted by atomic mass is 9.96. The highest BCUT2D eigenvalue weighted by molar-refractivity contribution is 5.80. The topological polar surface area (TPSA) is 96.0 Å². The van der Waals surface area contributed by atoms with E-state index < -0.39 is 0 Å². The molecule has 0 aliphatic carbocycles. The van der Waals surface area contributed by atoms with Crippen molar-refractivity contribution in [3.8, 4) is 0 Å². The average molecular weight is 344 g/mol. The summed E-state index contributed by atoms with van der Waals surface area (Å²) in [4.78, 5) is 23.4. The van der Waals surface area contributed by atoms with Crippen LogP contribution in [0.25, 0.3) is 0 Å². The molecule has 0 bridgehead atoms. The molecule has 8 heteroatoms. The summed E-state index contributed by atoms with van der Waals surface area (Å²) in [6.45, 7) is 6.20. The number of carbonyl (C=O) groups is 1. The third kappa shape index (κ3) is 3.79. The Kier molecular flexibility index (Phi) is 5.28. The van der Waals surface area contributed by atoms with Crippen LogP contribution < -0.4 is 10.2 Å². The van der Waals surface area contributed by atoms with Gasteiger partial charge in [0.15, 0.2) is 0 Å². The van der Waals surface area contributed by atoms with Crippen LogP contribution in [0.1, 0.15) is 17.0 Å². The Morgan fingerprint density at radius 3 is 2.76 bits per heavy atom. The lowest BCUT2D eigenvalue weighted by molar-refractivity contribution is -0.126. The number of carbonyl (C=O) groups excluding carboxylic acids is 1. The Bertz CT molecular complexity index is 698. The molecule has 0 unspecified atom stereocenters. The third-order valence-corrected chi connectivity index (χ3v) is 4.71. The Morgan fingerprint density at radius 1 is 1.36 bits per heavy atom. The minimum absolute atomic E-state index is 0.0282. The monoisotopic (exact) mass is 344 g/mol. The number of aromatic amines is 1. The summed E-state index contributed by atoms with van der Waals surface area (Å²) in [7, 11) is 1.66. The zero-order valence-corrected chi connectivity index (χ0v) is 14.8. The fourth-order valence-corrected chi connectivity index (χ4v) is 3.31. The minimum Gasteiger partial charge on any atom is -0.384 e. The standard InChI is InChI=1S/C17H24N6O2/c1-11-14(12(2)22-21-11)7-20-16(24)15-9-23(8-13(15)10-25-3)17-18-5-4-6-19-17/h4-6,13,15H,7-10H2,1-3H3,(H,20,24)(H,21,22)/t13-,15+/m0/s1. The van der Waals surface area contributed by atoms with Crippen molar-refractivity contribution in [1.82, 2.24) is 25.5 Å². The van der Waals surface area contributed by atoms with E-state index >= 15 is 0 Å². The zero-order valence-electron chi connectivity index (χ0n) is 14.8. The number of nitrogens with zero attached hydrogens (tertiary/aromatic N) is 4. The molecule has 25 heavy (non-hydrogen) atoms. The molecule has 1 aliphatic rings. The summed E-state index contributed by atoms with van der Waals surface area (Å²) in [6, 6.07) is 1.78. The van der Waals surface area contributed by atoms with Gasteiger partial charge in [-0.2, -0.15) is 5.10 Å². The molecule has 1 aliphatic heterocycles. The fourth-order valence-electron chi connectivity index (χ4n) is 3.31. The minimum atomic E-state index is -0.156. The van der Waals surface area contributed by atoms with Crippen molar-refractivity contribution in [3.63, 3.8) is 0 Å². The van der Waals surface area contributed by atoms with Crippen LogP contribution >= 0.6 is 0 Å². The molecule has 1 amide bonds. The summed E-state index contributed by atoms with van der Waals surface area (Å²) in [5, 5.41) is 10.2. The third-order valence-electron chi connectivity index (χ3n) is 4.71. The van der Waals surface area contributed by atoms with Gasteiger partial charge in [0.2, 0.25) is 11.9 Å². The first-order valence-electron chi connectivity index (χ1n) is 8.39. The number of hydrogen-bond acceptors (Lipinski definition) is 6. The van der Waals surface area contributed by atoms with E-state index in [-0.39, 0.29) is 17.7 Å². The molecule has 2 atom stereocenters. The summed E-state index contributed by atoms with van der Waals surface area (Å²) < 4.78 is 5.32. The molecule has 134 valence electrons. The molecule has 2 aromatic rings. The second-order valence-electron chi connectivity index (χ2n) is 6.41. The van der Waals surface area contributed by atoms with Gasteiger partial charge in [0.05, 0.1) is 18.2 Å². The van der Waals surface area contributed by atoms with E-state index in [1.54, 1.807) is 25.6 Å². The molecule has 1 saturated heterocycles. The Labute approximate surface area is 147 Å². The van der Waals surface area contributed by atoms with E-state index in [9.17, 15) is 4.79 Å². The highest BCUT2D eigenvalue weighted by Gasteiger charge is 2.38. The molecule has 0 saturated carbocycles. The number of anilines is 1. The molecule has 2 aromatic heterocycles. The van der Waals surface area contributed by atoms with Crippen LogP contribution in [0.3, 0.4) is 0 Å². The molecular formula is C17H24N6O2. The average Bonchev–Trinajstić information content (AvgIpc) is 3.18. The highest BCUT2D eigenvalue weighted by Crippen LogP contribution is 2.26. The van der Waals surface area contributed by atoms with Gasteiger partial charge in [-0.05, 0) is 19.9 Å². The fraction of sp³-hybridized carbons (Fsp3) is 0.529. The molecule has 0 spiro atoms. The normalized spacial score (nSPS) is 20.0. The van der Waals surface area contributed by atoms with Gasteiger partial charge in [0.25, 0.3) is 0 Å². The first kappa shape index (κ1) is 17.3. The molecular weight excluding hydrogens is 320 g/mol. The van der Waals surface area contributed by atoms with Gasteiger partial charge in [-0.3, -0.25) is 9.89 Å². The van der Waals surface area contributed by atoms with Crippen LogP contribution in [0.2, 0.25) is 0 Å². The number of ether oxygens (including phenoxy) is 1. The number of aromatic nitrogens is 4. The highest BCUT2D eigenvalue weighted by atomic mass is 16.5. The number of aryl methyl sites for hydroxylation is 2. The predicted octanol–water partition coefficient (Wildman–Crippen LogP) is 0.832. The van der Waals surface area contributed by atoms with Gasteiger partial charge in [-0.25, -0.2) is 9.97 Å². The maximum absolute atomic E-state index is 12.8. The lowest BCUT2D eigenvalue weighted by Gasteiger charge is -2.17. The molecule has 3 rings (SSSR count). The van der Waals surface area contributed by atoms with Gasteiger partial charge in [0, 0.05) is 56.3 Å². The van der Waals surface area contributed by atoms with Crippen LogP contribution in [-0.2, 0) is 16.1 Å². The van der Waals surface area contributed by atoms with Crippen LogP contribution in [-0.4, -0.2) is 52.9 Å². The number of rotatable bonds is 6. The van der Waals surface area contributed by atoms with Crippen molar-refractivity contribution >= 4 is 11.9 Å². The predicted molar refractivity (Wildman–Crippen MR) is 93.0 cm³/mol. The number of hydrogen-bond donors (Lipinski definition) is 2. The van der Waals surface area contributed by atoms with E-state index in [2.05, 4.69) is 25.5 Å². The van der Waals surface area contributed by atoms with Crippen molar-refractivity contribution in [2.24, 2.45) is 11.8 Å². The second-order valence-corrected chi connectivity index (χ2v) is 6.41. The van der Waals surface area contributed by atoms with Gasteiger partial charge in [-0.15, -0.1) is 0 Å². The van der Waals surface area contributed by atoms with Crippen molar-refractivity contribution in [2.75, 3.05) is 31.7 Å². The van der Waals surface area contributed by atoms with Gasteiger partial charge in [0.1, 0.15) is 0 Å². The van der Waals surface area contributed by atoms with Crippen LogP contribution in [0.15, 0.2) is 18.5 Å². The van der Waals surface area contributed by atoms with Crippen molar-refractivity contribution in [3.05, 3.63) is 35.4 Å². The molecule has 3 heterocycles. The van der Waals surface area contributed by atoms with E-state index in [0.29, 0.717) is 32.2 Å². The first-order valence-corrected chi connectivity index (χ1v) is 8.39. The van der Waals surface area contributed by atoms with Crippen molar-refractivity contribution in [1.29, 1.82) is 0 Å². The van der Waals surface area contributed by atoms with Crippen LogP contribution in [0.5, 0.6) is 0 Å². The lowest BCUT2D eigenvalue weighted by Crippen LogP contribution is -2.36. The van der Waals surface area contributed by atoms with E-state index in [4.69, 9.17) is 4.74 Å². The Balaban J connectivity index is 1.67. The smallest absolute Gasteiger partial charge is 0.225 e. The van der Waals surface area contributed by atoms with Gasteiger partial charge in [-0.1, -0.05) is 0 Å². The van der Waals surface area contributed by atoms with E-state index in [1.165, 1.54) is 0 Å². The summed E-state index contributed by atoms with van der Waals surface area (Å²) in [5.74, 6) is 0.637. The van der Waals surface area contributed by atoms with Crippen molar-refractivity contribution in [2.45, 2.75) is 20.4 Å². The number of methoxy groups -OCH3 is 1. The van der Waals surface area contributed by atoms with Crippen LogP contribution in [0, 0.1) is 25.7 Å². The van der Waals surface area contributed by atoms with Crippen LogP contribution in [0.4, 0.5) is 5.95 Å². The number of amides is 1. The summed E-state index contributed by atoms with van der Waals surface area (Å²) in [5.41, 5.74) is 2.94. The quantitative estimate of drug-likeness (QED) is 0.806. The maximum Gasteiger partial charge on any atom is 0.225 e. The van der Waals surface area contributed by atoms with Gasteiger partial charge < -0.3 is 15.0 Å².